The van der Waals surface area contributed by atoms with Crippen molar-refractivity contribution in [2.45, 2.75) is 41.0 Å². The SMILES string of the molecule is CC(C)CC1C[N+](C)(C)CC1C(C)(C)C. The molecule has 2 atom stereocenters. The predicted molar refractivity (Wildman–Crippen MR) is 67.7 cm³/mol. The van der Waals surface area contributed by atoms with Crippen molar-refractivity contribution >= 4 is 0 Å². The van der Waals surface area contributed by atoms with E-state index in [-0.39, 0.29) is 0 Å². The molecule has 0 aromatic rings. The van der Waals surface area contributed by atoms with Gasteiger partial charge in [0.25, 0.3) is 0 Å². The molecule has 1 aliphatic rings. The van der Waals surface area contributed by atoms with Crippen molar-refractivity contribution < 1.29 is 4.48 Å². The van der Waals surface area contributed by atoms with E-state index in [0.29, 0.717) is 5.41 Å². The lowest BCUT2D eigenvalue weighted by Crippen LogP contribution is -2.38. The zero-order chi connectivity index (χ0) is 11.9. The fourth-order valence-electron chi connectivity index (χ4n) is 3.34. The second-order valence-electron chi connectivity index (χ2n) is 7.66. The maximum Gasteiger partial charge on any atom is 0.0821 e. The molecule has 0 N–H and O–H groups in total. The summed E-state index contributed by atoms with van der Waals surface area (Å²) >= 11 is 0. The molecule has 15 heavy (non-hydrogen) atoms. The van der Waals surface area contributed by atoms with E-state index in [1.807, 2.05) is 0 Å². The summed E-state index contributed by atoms with van der Waals surface area (Å²) in [5.41, 5.74) is 0.478. The van der Waals surface area contributed by atoms with Crippen LogP contribution < -0.4 is 0 Å². The molecule has 1 heteroatoms. The highest BCUT2D eigenvalue weighted by Crippen LogP contribution is 2.42. The minimum absolute atomic E-state index is 0.478. The Morgan fingerprint density at radius 3 is 2.07 bits per heavy atom. The summed E-state index contributed by atoms with van der Waals surface area (Å²) in [7, 11) is 4.78. The van der Waals surface area contributed by atoms with Crippen LogP contribution in [0.3, 0.4) is 0 Å². The van der Waals surface area contributed by atoms with Crippen LogP contribution in [0.1, 0.15) is 41.0 Å². The maximum absolute atomic E-state index is 2.41. The first-order chi connectivity index (χ1) is 6.62. The van der Waals surface area contributed by atoms with E-state index in [1.54, 1.807) is 0 Å². The van der Waals surface area contributed by atoms with Crippen LogP contribution in [0.4, 0.5) is 0 Å². The van der Waals surface area contributed by atoms with Gasteiger partial charge in [-0.1, -0.05) is 34.6 Å². The third-order valence-electron chi connectivity index (χ3n) is 3.88. The second-order valence-corrected chi connectivity index (χ2v) is 7.66. The smallest absolute Gasteiger partial charge is 0.0821 e. The Balaban J connectivity index is 2.75. The first-order valence-corrected chi connectivity index (χ1v) is 6.44. The molecule has 0 aliphatic carbocycles. The normalized spacial score (nSPS) is 31.2. The number of hydrogen-bond donors (Lipinski definition) is 0. The van der Waals surface area contributed by atoms with E-state index in [9.17, 15) is 0 Å². The predicted octanol–water partition coefficient (Wildman–Crippen LogP) is 3.40. The lowest BCUT2D eigenvalue weighted by Gasteiger charge is -2.30. The number of quaternary nitrogens is 1. The molecule has 1 aliphatic heterocycles. The molecule has 0 aromatic heterocycles. The molecule has 0 saturated carbocycles. The van der Waals surface area contributed by atoms with E-state index in [0.717, 1.165) is 17.8 Å². The Kier molecular flexibility index (Phi) is 3.55. The monoisotopic (exact) mass is 212 g/mol. The molecule has 1 nitrogen and oxygen atoms in total. The van der Waals surface area contributed by atoms with Gasteiger partial charge in [-0.15, -0.1) is 0 Å². The van der Waals surface area contributed by atoms with E-state index >= 15 is 0 Å². The molecule has 0 aromatic carbocycles. The molecule has 1 fully saturated rings. The number of likely N-dealkylation sites (tertiary alicyclic amines) is 1. The minimum Gasteiger partial charge on any atom is -0.328 e. The van der Waals surface area contributed by atoms with Crippen molar-refractivity contribution in [3.8, 4) is 0 Å². The van der Waals surface area contributed by atoms with E-state index in [1.165, 1.54) is 24.0 Å². The Morgan fingerprint density at radius 2 is 1.67 bits per heavy atom. The van der Waals surface area contributed by atoms with Gasteiger partial charge in [-0.2, -0.15) is 0 Å². The zero-order valence-corrected chi connectivity index (χ0v) is 11.8. The van der Waals surface area contributed by atoms with Crippen molar-refractivity contribution in [2.75, 3.05) is 27.2 Å². The van der Waals surface area contributed by atoms with Crippen LogP contribution in [0.2, 0.25) is 0 Å². The molecule has 0 radical (unpaired) electrons. The van der Waals surface area contributed by atoms with Gasteiger partial charge >= 0.3 is 0 Å². The summed E-state index contributed by atoms with van der Waals surface area (Å²) in [6.07, 6.45) is 1.41. The van der Waals surface area contributed by atoms with E-state index in [2.05, 4.69) is 48.7 Å². The molecule has 0 spiro atoms. The first kappa shape index (κ1) is 13.0. The second kappa shape index (κ2) is 4.08. The van der Waals surface area contributed by atoms with Gasteiger partial charge in [0.15, 0.2) is 0 Å². The van der Waals surface area contributed by atoms with Crippen LogP contribution in [-0.4, -0.2) is 31.7 Å². The lowest BCUT2D eigenvalue weighted by atomic mass is 9.73. The summed E-state index contributed by atoms with van der Waals surface area (Å²) in [6.45, 7) is 14.7. The van der Waals surface area contributed by atoms with Crippen molar-refractivity contribution in [3.05, 3.63) is 0 Å². The highest BCUT2D eigenvalue weighted by molar-refractivity contribution is 4.85. The summed E-state index contributed by atoms with van der Waals surface area (Å²) < 4.78 is 1.22. The molecular weight excluding hydrogens is 182 g/mol. The van der Waals surface area contributed by atoms with Gasteiger partial charge in [-0.05, 0) is 17.8 Å². The maximum atomic E-state index is 2.41. The quantitative estimate of drug-likeness (QED) is 0.615. The zero-order valence-electron chi connectivity index (χ0n) is 11.8. The van der Waals surface area contributed by atoms with E-state index < -0.39 is 0 Å². The van der Waals surface area contributed by atoms with Crippen LogP contribution in [-0.2, 0) is 0 Å². The van der Waals surface area contributed by atoms with Crippen LogP contribution in [0, 0.1) is 23.2 Å². The molecule has 1 saturated heterocycles. The molecular formula is C14H30N+. The topological polar surface area (TPSA) is 0 Å². The molecule has 1 rings (SSSR count). The van der Waals surface area contributed by atoms with Gasteiger partial charge in [0.1, 0.15) is 0 Å². The number of nitrogens with zero attached hydrogens (tertiary/aromatic N) is 1. The average molecular weight is 212 g/mol. The van der Waals surface area contributed by atoms with Crippen molar-refractivity contribution in [1.29, 1.82) is 0 Å². The highest BCUT2D eigenvalue weighted by Gasteiger charge is 2.45. The first-order valence-electron chi connectivity index (χ1n) is 6.44. The molecule has 90 valence electrons. The third-order valence-corrected chi connectivity index (χ3v) is 3.88. The van der Waals surface area contributed by atoms with Gasteiger partial charge in [-0.3, -0.25) is 0 Å². The highest BCUT2D eigenvalue weighted by atomic mass is 15.3. The van der Waals surface area contributed by atoms with Crippen molar-refractivity contribution in [2.24, 2.45) is 23.2 Å². The van der Waals surface area contributed by atoms with Crippen molar-refractivity contribution in [1.82, 2.24) is 0 Å². The van der Waals surface area contributed by atoms with Gasteiger partial charge in [0.05, 0.1) is 27.2 Å². The summed E-state index contributed by atoms with van der Waals surface area (Å²) in [5.74, 6) is 2.67. The van der Waals surface area contributed by atoms with Crippen molar-refractivity contribution in [3.63, 3.8) is 0 Å². The molecule has 2 unspecified atom stereocenters. The molecule has 0 amide bonds. The van der Waals surface area contributed by atoms with Crippen LogP contribution in [0.5, 0.6) is 0 Å². The Hall–Kier alpha value is -0.0400. The summed E-state index contributed by atoms with van der Waals surface area (Å²) in [6, 6.07) is 0. The third kappa shape index (κ3) is 3.48. The molecule has 0 bridgehead atoms. The average Bonchev–Trinajstić information content (AvgIpc) is 2.22. The van der Waals surface area contributed by atoms with Crippen LogP contribution in [0.25, 0.3) is 0 Å². The van der Waals surface area contributed by atoms with Crippen LogP contribution in [0.15, 0.2) is 0 Å². The van der Waals surface area contributed by atoms with Crippen LogP contribution >= 0.6 is 0 Å². The van der Waals surface area contributed by atoms with E-state index in [4.69, 9.17) is 0 Å². The Labute approximate surface area is 96.4 Å². The van der Waals surface area contributed by atoms with Gasteiger partial charge < -0.3 is 4.48 Å². The number of hydrogen-bond acceptors (Lipinski definition) is 0. The Bertz CT molecular complexity index is 210. The molecule has 1 heterocycles. The summed E-state index contributed by atoms with van der Waals surface area (Å²) in [4.78, 5) is 0. The number of rotatable bonds is 2. The van der Waals surface area contributed by atoms with Gasteiger partial charge in [-0.25, -0.2) is 0 Å². The standard InChI is InChI=1S/C14H30N/c1-11(2)8-12-9-15(6,7)10-13(12)14(3,4)5/h11-13H,8-10H2,1-7H3/q+1. The van der Waals surface area contributed by atoms with Gasteiger partial charge in [0, 0.05) is 11.8 Å². The lowest BCUT2D eigenvalue weighted by molar-refractivity contribution is -0.881. The summed E-state index contributed by atoms with van der Waals surface area (Å²) in [5, 5.41) is 0. The fourth-order valence-corrected chi connectivity index (χ4v) is 3.34. The van der Waals surface area contributed by atoms with Gasteiger partial charge in [0.2, 0.25) is 0 Å². The Morgan fingerprint density at radius 1 is 1.13 bits per heavy atom. The fraction of sp³-hybridized carbons (Fsp3) is 1.00. The minimum atomic E-state index is 0.478. The largest absolute Gasteiger partial charge is 0.328 e.